The van der Waals surface area contributed by atoms with Crippen LogP contribution < -0.4 is 5.32 Å². The molecule has 0 aromatic heterocycles. The summed E-state index contributed by atoms with van der Waals surface area (Å²) in [4.78, 5) is 38.3. The Balaban J connectivity index is 1.79. The smallest absolute Gasteiger partial charge is 0.326 e. The maximum absolute atomic E-state index is 12.6. The highest BCUT2D eigenvalue weighted by Crippen LogP contribution is 2.48. The van der Waals surface area contributed by atoms with Crippen molar-refractivity contribution in [1.82, 2.24) is 10.2 Å². The Morgan fingerprint density at radius 1 is 1.42 bits per heavy atom. The van der Waals surface area contributed by atoms with Gasteiger partial charge in [-0.1, -0.05) is 38.5 Å². The van der Waals surface area contributed by atoms with Gasteiger partial charge in [-0.15, -0.1) is 11.8 Å². The first-order chi connectivity index (χ1) is 11.5. The van der Waals surface area contributed by atoms with Crippen molar-refractivity contribution in [1.29, 1.82) is 0 Å². The molecule has 6 nitrogen and oxygen atoms in total. The van der Waals surface area contributed by atoms with Gasteiger partial charge in [0.1, 0.15) is 17.5 Å². The van der Waals surface area contributed by atoms with Crippen LogP contribution in [0.2, 0.25) is 0 Å². The van der Waals surface area contributed by atoms with Crippen LogP contribution in [0.4, 0.5) is 0 Å². The zero-order chi connectivity index (χ0) is 17.4. The molecule has 0 radical (unpaired) electrons. The van der Waals surface area contributed by atoms with Gasteiger partial charge in [0, 0.05) is 11.3 Å². The van der Waals surface area contributed by atoms with Crippen LogP contribution in [0.1, 0.15) is 41.6 Å². The van der Waals surface area contributed by atoms with Crippen LogP contribution in [0.15, 0.2) is 24.3 Å². The molecule has 2 N–H and O–H groups in total. The van der Waals surface area contributed by atoms with E-state index in [-0.39, 0.29) is 23.1 Å². The molecule has 0 saturated carbocycles. The van der Waals surface area contributed by atoms with Gasteiger partial charge in [0.25, 0.3) is 5.91 Å². The van der Waals surface area contributed by atoms with E-state index in [1.807, 2.05) is 25.1 Å². The summed E-state index contributed by atoms with van der Waals surface area (Å²) in [7, 11) is 0. The van der Waals surface area contributed by atoms with E-state index in [9.17, 15) is 19.5 Å². The summed E-state index contributed by atoms with van der Waals surface area (Å²) >= 11 is 1.54. The second-order valence-corrected chi connectivity index (χ2v) is 7.32. The highest BCUT2D eigenvalue weighted by molar-refractivity contribution is 7.99. The fourth-order valence-corrected chi connectivity index (χ4v) is 4.64. The predicted molar refractivity (Wildman–Crippen MR) is 90.6 cm³/mol. The third-order valence-corrected chi connectivity index (χ3v) is 6.08. The van der Waals surface area contributed by atoms with Crippen LogP contribution in [0.3, 0.4) is 0 Å². The quantitative estimate of drug-likeness (QED) is 0.848. The lowest BCUT2D eigenvalue weighted by Gasteiger charge is -2.26. The van der Waals surface area contributed by atoms with Crippen LogP contribution in [-0.2, 0) is 9.59 Å². The Kier molecular flexibility index (Phi) is 4.54. The second kappa shape index (κ2) is 6.47. The van der Waals surface area contributed by atoms with Gasteiger partial charge in [0.05, 0.1) is 0 Å². The van der Waals surface area contributed by atoms with Crippen molar-refractivity contribution in [2.75, 3.05) is 5.75 Å². The molecular formula is C17H20N2O4S. The number of aliphatic carboxylic acids is 1. The van der Waals surface area contributed by atoms with E-state index in [1.54, 1.807) is 29.7 Å². The Labute approximate surface area is 144 Å². The largest absolute Gasteiger partial charge is 0.480 e. The number of thioether (sulfide) groups is 1. The summed E-state index contributed by atoms with van der Waals surface area (Å²) in [6.45, 7) is 3.68. The minimum absolute atomic E-state index is 0.156. The summed E-state index contributed by atoms with van der Waals surface area (Å²) in [6, 6.07) is 5.79. The highest BCUT2D eigenvalue weighted by Gasteiger charge is 2.48. The number of carbonyl (C=O) groups is 3. The molecule has 1 aromatic rings. The predicted octanol–water partition coefficient (Wildman–Crippen LogP) is 1.87. The maximum atomic E-state index is 12.6. The number of benzene rings is 1. The number of carbonyl (C=O) groups excluding carboxylic acids is 2. The first kappa shape index (κ1) is 16.8. The minimum Gasteiger partial charge on any atom is -0.480 e. The molecule has 4 atom stereocenters. The number of hydrogen-bond acceptors (Lipinski definition) is 4. The zero-order valence-electron chi connectivity index (χ0n) is 13.6. The van der Waals surface area contributed by atoms with Crippen molar-refractivity contribution < 1.29 is 19.5 Å². The van der Waals surface area contributed by atoms with E-state index >= 15 is 0 Å². The van der Waals surface area contributed by atoms with E-state index in [0.29, 0.717) is 17.7 Å². The van der Waals surface area contributed by atoms with Crippen molar-refractivity contribution in [2.24, 2.45) is 5.92 Å². The number of nitrogens with one attached hydrogen (secondary N) is 1. The van der Waals surface area contributed by atoms with Crippen LogP contribution in [0, 0.1) is 5.92 Å². The molecule has 1 saturated heterocycles. The zero-order valence-corrected chi connectivity index (χ0v) is 14.4. The summed E-state index contributed by atoms with van der Waals surface area (Å²) < 4.78 is 0. The van der Waals surface area contributed by atoms with Crippen LogP contribution >= 0.6 is 11.8 Å². The van der Waals surface area contributed by atoms with Crippen molar-refractivity contribution in [3.63, 3.8) is 0 Å². The van der Waals surface area contributed by atoms with Crippen LogP contribution in [-0.4, -0.2) is 45.6 Å². The van der Waals surface area contributed by atoms with Gasteiger partial charge in [-0.3, -0.25) is 9.59 Å². The minimum atomic E-state index is -1.05. The van der Waals surface area contributed by atoms with Gasteiger partial charge in [-0.2, -0.15) is 0 Å². The summed E-state index contributed by atoms with van der Waals surface area (Å²) in [5.74, 6) is -1.29. The van der Waals surface area contributed by atoms with Crippen molar-refractivity contribution in [2.45, 2.75) is 37.7 Å². The number of carboxylic acids is 1. The fraction of sp³-hybridized carbons (Fsp3) is 0.471. The van der Waals surface area contributed by atoms with E-state index in [2.05, 4.69) is 5.32 Å². The van der Waals surface area contributed by atoms with Crippen LogP contribution in [0.5, 0.6) is 0 Å². The fourth-order valence-electron chi connectivity index (χ4n) is 3.17. The Morgan fingerprint density at radius 2 is 2.12 bits per heavy atom. The number of hydrogen-bond donors (Lipinski definition) is 2. The number of amides is 2. The molecule has 2 amide bonds. The highest BCUT2D eigenvalue weighted by atomic mass is 32.2. The first-order valence-electron chi connectivity index (χ1n) is 8.02. The molecule has 7 heteroatoms. The van der Waals surface area contributed by atoms with E-state index in [4.69, 9.17) is 0 Å². The molecule has 0 bridgehead atoms. The van der Waals surface area contributed by atoms with Gasteiger partial charge < -0.3 is 15.3 Å². The first-order valence-corrected chi connectivity index (χ1v) is 9.07. The average molecular weight is 348 g/mol. The van der Waals surface area contributed by atoms with Crippen molar-refractivity contribution >= 4 is 29.5 Å². The maximum Gasteiger partial charge on any atom is 0.326 e. The van der Waals surface area contributed by atoms with E-state index < -0.39 is 18.1 Å². The number of carboxylic acid groups (broad SMARTS) is 1. The molecule has 3 rings (SSSR count). The molecule has 2 aliphatic heterocycles. The van der Waals surface area contributed by atoms with Crippen LogP contribution in [0.25, 0.3) is 0 Å². The van der Waals surface area contributed by atoms with Crippen molar-refractivity contribution in [3.05, 3.63) is 35.4 Å². The van der Waals surface area contributed by atoms with Gasteiger partial charge in [-0.25, -0.2) is 4.79 Å². The Hall–Kier alpha value is -2.02. The standard InChI is InChI=1S/C17H20N2O4S/c1-3-9(2)13(17(22)23)18-14(20)12-8-24-16-11-7-5-4-6-10(11)15(21)19(12)16/h4-7,9,12-13,16H,3,8H2,1-2H3,(H,18,20)(H,22,23)/t9-,12+,13+,16+/m1/s1. The number of nitrogens with zero attached hydrogens (tertiary/aromatic N) is 1. The molecule has 0 unspecified atom stereocenters. The lowest BCUT2D eigenvalue weighted by atomic mass is 9.99. The van der Waals surface area contributed by atoms with Gasteiger partial charge in [-0.05, 0) is 17.5 Å². The molecule has 1 fully saturated rings. The van der Waals surface area contributed by atoms with Crippen molar-refractivity contribution in [3.8, 4) is 0 Å². The summed E-state index contributed by atoms with van der Waals surface area (Å²) in [6.07, 6.45) is 0.646. The molecule has 2 heterocycles. The SMILES string of the molecule is CC[C@@H](C)[C@H](NC(=O)[C@@H]1CS[C@H]2c3ccccc3C(=O)N12)C(=O)O. The molecule has 24 heavy (non-hydrogen) atoms. The Bertz CT molecular complexity index is 693. The van der Waals surface area contributed by atoms with Gasteiger partial charge in [0.15, 0.2) is 0 Å². The number of rotatable bonds is 5. The van der Waals surface area contributed by atoms with E-state index in [1.165, 1.54) is 0 Å². The lowest BCUT2D eigenvalue weighted by Crippen LogP contribution is -2.53. The van der Waals surface area contributed by atoms with E-state index in [0.717, 1.165) is 5.56 Å². The lowest BCUT2D eigenvalue weighted by molar-refractivity contribution is -0.143. The normalized spacial score (nSPS) is 24.2. The molecule has 0 aliphatic carbocycles. The third-order valence-electron chi connectivity index (χ3n) is 4.77. The summed E-state index contributed by atoms with van der Waals surface area (Å²) in [5.41, 5.74) is 1.56. The second-order valence-electron chi connectivity index (χ2n) is 6.21. The average Bonchev–Trinajstić information content (AvgIpc) is 3.12. The molecular weight excluding hydrogens is 328 g/mol. The summed E-state index contributed by atoms with van der Waals surface area (Å²) in [5, 5.41) is 11.8. The Morgan fingerprint density at radius 3 is 2.79 bits per heavy atom. The topological polar surface area (TPSA) is 86.7 Å². The number of fused-ring (bicyclic) bond motifs is 3. The molecule has 128 valence electrons. The molecule has 1 aromatic carbocycles. The van der Waals surface area contributed by atoms with Gasteiger partial charge in [0.2, 0.25) is 5.91 Å². The monoisotopic (exact) mass is 348 g/mol. The molecule has 0 spiro atoms. The van der Waals surface area contributed by atoms with Gasteiger partial charge >= 0.3 is 5.97 Å². The molecule has 2 aliphatic rings. The third kappa shape index (κ3) is 2.66.